The van der Waals surface area contributed by atoms with Crippen LogP contribution in [-0.2, 0) is 17.1 Å². The Morgan fingerprint density at radius 1 is 1.56 bits per heavy atom. The highest BCUT2D eigenvalue weighted by Gasteiger charge is 2.40. The van der Waals surface area contributed by atoms with Gasteiger partial charge in [-0.2, -0.15) is 9.82 Å². The number of nitrogens with two attached hydrogens (primary N) is 1. The highest BCUT2D eigenvalue weighted by molar-refractivity contribution is 7.89. The van der Waals surface area contributed by atoms with Gasteiger partial charge < -0.3 is 5.73 Å². The van der Waals surface area contributed by atoms with Crippen LogP contribution in [0.3, 0.4) is 0 Å². The zero-order valence-electron chi connectivity index (χ0n) is 10.1. The first-order chi connectivity index (χ1) is 8.36. The lowest BCUT2D eigenvalue weighted by Gasteiger charge is -2.28. The van der Waals surface area contributed by atoms with Gasteiger partial charge in [0.05, 0.1) is 16.7 Å². The maximum Gasteiger partial charge on any atom is 0.244 e. The first-order valence-corrected chi connectivity index (χ1v) is 7.57. The zero-order chi connectivity index (χ0) is 13.4. The van der Waals surface area contributed by atoms with E-state index in [0.717, 1.165) is 12.8 Å². The maximum atomic E-state index is 12.2. The number of nitrogens with zero attached hydrogens (tertiary/aromatic N) is 2. The number of hydrogen-bond donors (Lipinski definition) is 2. The second-order valence-corrected chi connectivity index (χ2v) is 6.73. The Hall–Kier alpha value is -0.990. The van der Waals surface area contributed by atoms with E-state index in [1.165, 1.54) is 17.1 Å². The molecule has 0 bridgehead atoms. The molecule has 0 aromatic carbocycles. The van der Waals surface area contributed by atoms with Crippen LogP contribution >= 0.6 is 12.2 Å². The maximum absolute atomic E-state index is 12.2. The van der Waals surface area contributed by atoms with Gasteiger partial charge in [0.25, 0.3) is 0 Å². The van der Waals surface area contributed by atoms with Gasteiger partial charge in [-0.1, -0.05) is 25.1 Å². The summed E-state index contributed by atoms with van der Waals surface area (Å²) < 4.78 is 28.6. The Morgan fingerprint density at radius 3 is 2.61 bits per heavy atom. The molecule has 3 N–H and O–H groups in total. The molecule has 0 amide bonds. The third-order valence-electron chi connectivity index (χ3n) is 3.25. The molecule has 0 spiro atoms. The van der Waals surface area contributed by atoms with Gasteiger partial charge in [-0.05, 0) is 12.8 Å². The Bertz CT molecular complexity index is 558. The van der Waals surface area contributed by atoms with Crippen molar-refractivity contribution in [1.29, 1.82) is 0 Å². The summed E-state index contributed by atoms with van der Waals surface area (Å²) in [5, 5.41) is 3.86. The summed E-state index contributed by atoms with van der Waals surface area (Å²) in [5.74, 6) is 0. The van der Waals surface area contributed by atoms with Crippen LogP contribution in [0.2, 0.25) is 0 Å². The van der Waals surface area contributed by atoms with Crippen LogP contribution in [0.25, 0.3) is 0 Å². The quantitative estimate of drug-likeness (QED) is 0.778. The van der Waals surface area contributed by atoms with Crippen LogP contribution in [0.5, 0.6) is 0 Å². The van der Waals surface area contributed by atoms with Crippen LogP contribution in [0, 0.1) is 0 Å². The number of nitrogens with one attached hydrogen (secondary N) is 1. The summed E-state index contributed by atoms with van der Waals surface area (Å²) in [6.45, 7) is 0. The number of aromatic nitrogens is 2. The number of hydrogen-bond acceptors (Lipinski definition) is 4. The van der Waals surface area contributed by atoms with E-state index in [1.54, 1.807) is 7.05 Å². The van der Waals surface area contributed by atoms with Crippen molar-refractivity contribution in [1.82, 2.24) is 14.5 Å². The molecule has 8 heteroatoms. The van der Waals surface area contributed by atoms with E-state index in [0.29, 0.717) is 12.8 Å². The predicted octanol–water partition coefficient (Wildman–Crippen LogP) is 0.297. The minimum absolute atomic E-state index is 0.132. The fraction of sp³-hybridized carbons (Fsp3) is 0.600. The molecule has 1 fully saturated rings. The lowest BCUT2D eigenvalue weighted by atomic mass is 10.00. The summed E-state index contributed by atoms with van der Waals surface area (Å²) in [7, 11) is -1.96. The van der Waals surface area contributed by atoms with E-state index in [1.807, 2.05) is 0 Å². The SMILES string of the molecule is Cn1cc(S(=O)(=O)NC2(C(N)=S)CCCC2)cn1. The molecule has 0 saturated heterocycles. The van der Waals surface area contributed by atoms with Crippen molar-refractivity contribution >= 4 is 27.2 Å². The minimum Gasteiger partial charge on any atom is -0.392 e. The molecular weight excluding hydrogens is 272 g/mol. The number of sulfonamides is 1. The molecule has 1 aliphatic rings. The molecule has 2 rings (SSSR count). The van der Waals surface area contributed by atoms with Crippen LogP contribution in [0.4, 0.5) is 0 Å². The molecule has 1 aromatic heterocycles. The number of rotatable bonds is 4. The lowest BCUT2D eigenvalue weighted by molar-refractivity contribution is 0.503. The van der Waals surface area contributed by atoms with Crippen molar-refractivity contribution in [2.45, 2.75) is 36.1 Å². The molecule has 1 saturated carbocycles. The summed E-state index contributed by atoms with van der Waals surface area (Å²) in [6, 6.07) is 0. The van der Waals surface area contributed by atoms with E-state index < -0.39 is 15.6 Å². The Morgan fingerprint density at radius 2 is 2.17 bits per heavy atom. The molecule has 0 radical (unpaired) electrons. The molecule has 1 aliphatic carbocycles. The Kier molecular flexibility index (Phi) is 3.43. The van der Waals surface area contributed by atoms with Gasteiger partial charge in [0, 0.05) is 13.2 Å². The third-order valence-corrected chi connectivity index (χ3v) is 5.13. The van der Waals surface area contributed by atoms with Crippen LogP contribution < -0.4 is 10.5 Å². The Labute approximate surface area is 112 Å². The molecule has 0 unspecified atom stereocenters. The van der Waals surface area contributed by atoms with E-state index >= 15 is 0 Å². The first-order valence-electron chi connectivity index (χ1n) is 5.68. The standard InChI is InChI=1S/C10H16N4O2S2/c1-14-7-8(6-12-14)18(15,16)13-10(9(11)17)4-2-3-5-10/h6-7,13H,2-5H2,1H3,(H2,11,17). The summed E-state index contributed by atoms with van der Waals surface area (Å²) in [5.41, 5.74) is 4.93. The van der Waals surface area contributed by atoms with Crippen molar-refractivity contribution in [2.24, 2.45) is 12.8 Å². The van der Waals surface area contributed by atoms with Gasteiger partial charge in [0.2, 0.25) is 10.0 Å². The highest BCUT2D eigenvalue weighted by Crippen LogP contribution is 2.31. The largest absolute Gasteiger partial charge is 0.392 e. The summed E-state index contributed by atoms with van der Waals surface area (Å²) >= 11 is 5.02. The predicted molar refractivity (Wildman–Crippen MR) is 71.5 cm³/mol. The van der Waals surface area contributed by atoms with Crippen molar-refractivity contribution in [3.05, 3.63) is 12.4 Å². The average Bonchev–Trinajstić information content (AvgIpc) is 2.87. The first kappa shape index (κ1) is 13.4. The molecule has 0 aliphatic heterocycles. The fourth-order valence-corrected chi connectivity index (χ4v) is 3.97. The topological polar surface area (TPSA) is 90.0 Å². The van der Waals surface area contributed by atoms with Gasteiger partial charge in [0.1, 0.15) is 4.90 Å². The number of thiocarbonyl (C=S) groups is 1. The van der Waals surface area contributed by atoms with Gasteiger partial charge in [0.15, 0.2) is 0 Å². The molecule has 0 atom stereocenters. The van der Waals surface area contributed by atoms with Crippen LogP contribution in [0.15, 0.2) is 17.3 Å². The smallest absolute Gasteiger partial charge is 0.244 e. The molecular formula is C10H16N4O2S2. The lowest BCUT2D eigenvalue weighted by Crippen LogP contribution is -2.54. The Balaban J connectivity index is 2.29. The van der Waals surface area contributed by atoms with E-state index in [4.69, 9.17) is 18.0 Å². The van der Waals surface area contributed by atoms with Crippen molar-refractivity contribution in [3.63, 3.8) is 0 Å². The van der Waals surface area contributed by atoms with Crippen molar-refractivity contribution < 1.29 is 8.42 Å². The summed E-state index contributed by atoms with van der Waals surface area (Å²) in [4.78, 5) is 0.347. The highest BCUT2D eigenvalue weighted by atomic mass is 32.2. The normalized spacial score (nSPS) is 18.9. The zero-order valence-corrected chi connectivity index (χ0v) is 11.7. The van der Waals surface area contributed by atoms with Gasteiger partial charge >= 0.3 is 0 Å². The van der Waals surface area contributed by atoms with Gasteiger partial charge in [-0.25, -0.2) is 8.42 Å². The van der Waals surface area contributed by atoms with E-state index in [2.05, 4.69) is 9.82 Å². The molecule has 1 aromatic rings. The molecule has 1 heterocycles. The van der Waals surface area contributed by atoms with Crippen molar-refractivity contribution in [2.75, 3.05) is 0 Å². The monoisotopic (exact) mass is 288 g/mol. The van der Waals surface area contributed by atoms with Gasteiger partial charge in [-0.3, -0.25) is 4.68 Å². The van der Waals surface area contributed by atoms with E-state index in [9.17, 15) is 8.42 Å². The molecule has 18 heavy (non-hydrogen) atoms. The van der Waals surface area contributed by atoms with Crippen LogP contribution in [0.1, 0.15) is 25.7 Å². The average molecular weight is 288 g/mol. The second kappa shape index (κ2) is 4.60. The minimum atomic E-state index is -3.63. The molecule has 100 valence electrons. The molecule has 6 nitrogen and oxygen atoms in total. The third kappa shape index (κ3) is 2.40. The van der Waals surface area contributed by atoms with Crippen LogP contribution in [-0.4, -0.2) is 28.7 Å². The summed E-state index contributed by atoms with van der Waals surface area (Å²) in [6.07, 6.45) is 5.92. The second-order valence-electron chi connectivity index (χ2n) is 4.61. The van der Waals surface area contributed by atoms with Gasteiger partial charge in [-0.15, -0.1) is 0 Å². The number of aryl methyl sites for hydroxylation is 1. The van der Waals surface area contributed by atoms with E-state index in [-0.39, 0.29) is 9.88 Å². The fourth-order valence-electron chi connectivity index (χ4n) is 2.23. The van der Waals surface area contributed by atoms with Crippen molar-refractivity contribution in [3.8, 4) is 0 Å².